The van der Waals surface area contributed by atoms with Crippen LogP contribution in [0.2, 0.25) is 0 Å². The lowest BCUT2D eigenvalue weighted by molar-refractivity contribution is -0.145. The van der Waals surface area contributed by atoms with E-state index < -0.39 is 35.4 Å². The van der Waals surface area contributed by atoms with Crippen LogP contribution in [0.5, 0.6) is 11.6 Å². The number of carbonyl (C=O) groups excluding carboxylic acids is 2. The molecule has 2 fully saturated rings. The van der Waals surface area contributed by atoms with Crippen molar-refractivity contribution in [1.82, 2.24) is 20.2 Å². The fraction of sp³-hybridized carbons (Fsp3) is 0.424. The van der Waals surface area contributed by atoms with E-state index in [2.05, 4.69) is 5.32 Å². The highest BCUT2D eigenvalue weighted by atomic mass is 16.5. The van der Waals surface area contributed by atoms with Crippen LogP contribution in [0.1, 0.15) is 38.5 Å². The minimum Gasteiger partial charge on any atom is -0.497 e. The minimum absolute atomic E-state index is 0.127. The number of amides is 2. The zero-order valence-corrected chi connectivity index (χ0v) is 24.4. The van der Waals surface area contributed by atoms with Gasteiger partial charge in [-0.1, -0.05) is 42.5 Å². The highest BCUT2D eigenvalue weighted by molar-refractivity contribution is 5.94. The first-order chi connectivity index (χ1) is 20.8. The number of benzene rings is 2. The highest BCUT2D eigenvalue weighted by Gasteiger charge is 2.61. The molecule has 2 saturated carbocycles. The van der Waals surface area contributed by atoms with Crippen LogP contribution in [-0.2, 0) is 14.4 Å². The lowest BCUT2D eigenvalue weighted by atomic mass is 9.93. The molecule has 224 valence electrons. The first-order valence-electron chi connectivity index (χ1n) is 14.8. The molecule has 3 aliphatic rings. The Morgan fingerprint density at radius 3 is 2.63 bits per heavy atom. The summed E-state index contributed by atoms with van der Waals surface area (Å²) >= 11 is 0. The lowest BCUT2D eigenvalue weighted by Crippen LogP contribution is -2.49. The average molecular weight is 585 g/mol. The molecular formula is C33H36N4O6. The third-order valence-corrected chi connectivity index (χ3v) is 8.95. The van der Waals surface area contributed by atoms with Crippen LogP contribution in [0.4, 0.5) is 0 Å². The first-order valence-corrected chi connectivity index (χ1v) is 14.8. The number of nitrogens with one attached hydrogen (secondary N) is 1. The maximum atomic E-state index is 13.7. The summed E-state index contributed by atoms with van der Waals surface area (Å²) in [6.07, 6.45) is 6.83. The quantitative estimate of drug-likeness (QED) is 0.426. The number of carboxylic acids is 1. The average Bonchev–Trinajstić information content (AvgIpc) is 3.55. The Kier molecular flexibility index (Phi) is 7.77. The van der Waals surface area contributed by atoms with Gasteiger partial charge in [-0.25, -0.2) is 9.78 Å². The Bertz CT molecular complexity index is 1580. The van der Waals surface area contributed by atoms with E-state index in [9.17, 15) is 19.5 Å². The topological polar surface area (TPSA) is 131 Å². The van der Waals surface area contributed by atoms with Crippen molar-refractivity contribution in [3.63, 3.8) is 0 Å². The Hall–Kier alpha value is -4.47. The molecule has 0 unspecified atom stereocenters. The van der Waals surface area contributed by atoms with Gasteiger partial charge in [0.25, 0.3) is 0 Å². The molecule has 2 heterocycles. The number of fused-ring (bicyclic) bond motifs is 3. The van der Waals surface area contributed by atoms with Crippen LogP contribution in [0.3, 0.4) is 0 Å². The van der Waals surface area contributed by atoms with Gasteiger partial charge < -0.3 is 24.8 Å². The van der Waals surface area contributed by atoms with Crippen LogP contribution >= 0.6 is 0 Å². The van der Waals surface area contributed by atoms with Gasteiger partial charge in [0.15, 0.2) is 5.82 Å². The first kappa shape index (κ1) is 28.6. The Labute approximate surface area is 250 Å². The third-order valence-electron chi connectivity index (χ3n) is 8.95. The van der Waals surface area contributed by atoms with E-state index in [0.717, 1.165) is 24.8 Å². The van der Waals surface area contributed by atoms with Crippen LogP contribution in [-0.4, -0.2) is 70.1 Å². The van der Waals surface area contributed by atoms with Crippen molar-refractivity contribution in [3.8, 4) is 23.0 Å². The number of aliphatic carboxylic acids is 1. The second-order valence-electron chi connectivity index (χ2n) is 11.8. The van der Waals surface area contributed by atoms with Crippen molar-refractivity contribution >= 4 is 28.7 Å². The summed E-state index contributed by atoms with van der Waals surface area (Å²) in [7, 11) is 3.36. The zero-order chi connectivity index (χ0) is 30.1. The van der Waals surface area contributed by atoms with Gasteiger partial charge in [-0.3, -0.25) is 9.59 Å². The molecule has 3 aromatic rings. The molecule has 0 bridgehead atoms. The number of carboxylic acid groups (broad SMARTS) is 1. The molecule has 6 rings (SSSR count). The van der Waals surface area contributed by atoms with Gasteiger partial charge in [-0.15, -0.1) is 0 Å². The van der Waals surface area contributed by atoms with E-state index in [1.165, 1.54) is 0 Å². The van der Waals surface area contributed by atoms with E-state index in [0.29, 0.717) is 47.7 Å². The summed E-state index contributed by atoms with van der Waals surface area (Å²) in [5.41, 5.74) is 0.132. The molecule has 2 N–H and O–H groups in total. The molecule has 2 amide bonds. The summed E-state index contributed by atoms with van der Waals surface area (Å²) in [4.78, 5) is 50.9. The molecule has 10 heteroatoms. The smallest absolute Gasteiger partial charge is 0.330 e. The summed E-state index contributed by atoms with van der Waals surface area (Å²) in [6, 6.07) is 15.0. The van der Waals surface area contributed by atoms with Crippen molar-refractivity contribution in [2.24, 2.45) is 17.8 Å². The van der Waals surface area contributed by atoms with Gasteiger partial charge >= 0.3 is 5.97 Å². The van der Waals surface area contributed by atoms with Crippen LogP contribution in [0, 0.1) is 17.8 Å². The van der Waals surface area contributed by atoms with Crippen molar-refractivity contribution in [2.45, 2.75) is 50.2 Å². The number of rotatable bonds is 5. The number of nitrogens with zero attached hydrogens (tertiary/aromatic N) is 3. The SMILES string of the molecule is COc1ccc2c(O[C@@H]3C[C@H]4C(=O)N[C@]5(C(=O)O)C[C@@H]5/C=C\CCCCN(C)C(=O)[C@@H]4C3)nc(-c3ccccc3)nc2c1. The van der Waals surface area contributed by atoms with E-state index in [-0.39, 0.29) is 18.2 Å². The van der Waals surface area contributed by atoms with Gasteiger partial charge in [0.2, 0.25) is 17.7 Å². The summed E-state index contributed by atoms with van der Waals surface area (Å²) in [5, 5.41) is 13.5. The number of methoxy groups -OCH3 is 1. The second-order valence-corrected chi connectivity index (χ2v) is 11.8. The zero-order valence-electron chi connectivity index (χ0n) is 24.4. The number of ether oxygens (including phenoxy) is 2. The maximum absolute atomic E-state index is 13.7. The molecular weight excluding hydrogens is 548 g/mol. The number of aromatic nitrogens is 2. The molecule has 43 heavy (non-hydrogen) atoms. The summed E-state index contributed by atoms with van der Waals surface area (Å²) in [5.74, 6) is -1.74. The van der Waals surface area contributed by atoms with E-state index in [1.54, 1.807) is 19.1 Å². The fourth-order valence-electron chi connectivity index (χ4n) is 6.36. The predicted octanol–water partition coefficient (Wildman–Crippen LogP) is 4.24. The molecule has 1 aromatic heterocycles. The fourth-order valence-corrected chi connectivity index (χ4v) is 6.36. The Morgan fingerprint density at radius 1 is 1.07 bits per heavy atom. The highest BCUT2D eigenvalue weighted by Crippen LogP contribution is 2.46. The number of hydrogen-bond acceptors (Lipinski definition) is 7. The number of carbonyl (C=O) groups is 3. The Balaban J connectivity index is 1.32. The van der Waals surface area contributed by atoms with Crippen molar-refractivity contribution in [3.05, 3.63) is 60.7 Å². The van der Waals surface area contributed by atoms with E-state index >= 15 is 0 Å². The monoisotopic (exact) mass is 584 g/mol. The van der Waals surface area contributed by atoms with Gasteiger partial charge in [-0.2, -0.15) is 4.98 Å². The largest absolute Gasteiger partial charge is 0.497 e. The van der Waals surface area contributed by atoms with Gasteiger partial charge in [-0.05, 0) is 50.7 Å². The molecule has 2 aromatic carbocycles. The van der Waals surface area contributed by atoms with Crippen LogP contribution in [0.15, 0.2) is 60.7 Å². The van der Waals surface area contributed by atoms with Crippen LogP contribution < -0.4 is 14.8 Å². The lowest BCUT2D eigenvalue weighted by Gasteiger charge is -2.26. The van der Waals surface area contributed by atoms with Crippen molar-refractivity contribution < 1.29 is 29.0 Å². The van der Waals surface area contributed by atoms with Crippen LogP contribution in [0.25, 0.3) is 22.3 Å². The number of allylic oxidation sites excluding steroid dienone is 1. The molecule has 10 nitrogen and oxygen atoms in total. The van der Waals surface area contributed by atoms with Gasteiger partial charge in [0, 0.05) is 31.1 Å². The van der Waals surface area contributed by atoms with Gasteiger partial charge in [0.1, 0.15) is 17.4 Å². The normalized spacial score (nSPS) is 28.3. The van der Waals surface area contributed by atoms with E-state index in [1.807, 2.05) is 60.7 Å². The molecule has 0 radical (unpaired) electrons. The number of hydrogen-bond donors (Lipinski definition) is 2. The molecule has 1 aliphatic heterocycles. The molecule has 2 aliphatic carbocycles. The second kappa shape index (κ2) is 11.7. The third kappa shape index (κ3) is 5.66. The predicted molar refractivity (Wildman–Crippen MR) is 159 cm³/mol. The summed E-state index contributed by atoms with van der Waals surface area (Å²) < 4.78 is 11.9. The maximum Gasteiger partial charge on any atom is 0.330 e. The van der Waals surface area contributed by atoms with E-state index in [4.69, 9.17) is 19.4 Å². The molecule has 5 atom stereocenters. The summed E-state index contributed by atoms with van der Waals surface area (Å²) in [6.45, 7) is 0.588. The van der Waals surface area contributed by atoms with Crippen molar-refractivity contribution in [1.29, 1.82) is 0 Å². The van der Waals surface area contributed by atoms with Gasteiger partial charge in [0.05, 0.1) is 29.8 Å². The minimum atomic E-state index is -1.33. The Morgan fingerprint density at radius 2 is 1.86 bits per heavy atom. The van der Waals surface area contributed by atoms with Crippen molar-refractivity contribution in [2.75, 3.05) is 20.7 Å². The molecule has 0 spiro atoms. The standard InChI is InChI=1S/C33H36N4O6/c1-37-15-9-4-3-8-12-21-19-33(21,32(40)41)36-29(38)25-16-23(17-26(25)31(37)39)43-30-24-14-13-22(42-2)18-27(24)34-28(35-30)20-10-6-5-7-11-20/h5-8,10-14,18,21,23,25-26H,3-4,9,15-17,19H2,1-2H3,(H,36,38)(H,40,41)/b12-8-/t21-,23+,25+,26+,33+/m0/s1. The molecule has 0 saturated heterocycles.